The van der Waals surface area contributed by atoms with Crippen LogP contribution in [-0.4, -0.2) is 4.98 Å². The highest BCUT2D eigenvalue weighted by Crippen LogP contribution is 2.47. The van der Waals surface area contributed by atoms with Gasteiger partial charge in [-0.1, -0.05) is 62.0 Å². The van der Waals surface area contributed by atoms with Gasteiger partial charge >= 0.3 is 0 Å². The molecule has 0 bridgehead atoms. The monoisotopic (exact) mass is 429 g/mol. The standard InChI is InChI=1S/C20H14F3NS.C3H6.C2H6/c21-13-12-20(15-4-8-17(22)9-5-15,16-6-10-18(23)11-7-16)25-19-3-1-2-14-24-19;1-3-2;1-2/h1-14H;3H,1H2,2H3;1-2H3/b13-12+;;. The Morgan fingerprint density at radius 3 is 1.70 bits per heavy atom. The number of aromatic nitrogens is 1. The van der Waals surface area contributed by atoms with Gasteiger partial charge in [0.05, 0.1) is 16.1 Å². The Morgan fingerprint density at radius 1 is 0.867 bits per heavy atom. The lowest BCUT2D eigenvalue weighted by atomic mass is 9.90. The smallest absolute Gasteiger partial charge is 0.123 e. The molecule has 0 atom stereocenters. The van der Waals surface area contributed by atoms with Gasteiger partial charge in [-0.25, -0.2) is 18.2 Å². The van der Waals surface area contributed by atoms with Gasteiger partial charge in [-0.05, 0) is 60.5 Å². The Hall–Kier alpha value is -2.79. The van der Waals surface area contributed by atoms with Crippen molar-refractivity contribution < 1.29 is 13.2 Å². The van der Waals surface area contributed by atoms with Gasteiger partial charge in [-0.3, -0.25) is 0 Å². The molecule has 0 fully saturated rings. The molecule has 0 saturated heterocycles. The predicted octanol–water partition coefficient (Wildman–Crippen LogP) is 8.10. The molecule has 0 aliphatic heterocycles. The Balaban J connectivity index is 0.000000826. The molecule has 3 rings (SSSR count). The Kier molecular flexibility index (Phi) is 11.3. The molecule has 0 radical (unpaired) electrons. The third-order valence-corrected chi connectivity index (χ3v) is 5.13. The maximum absolute atomic E-state index is 13.4. The van der Waals surface area contributed by atoms with Crippen LogP contribution in [0.3, 0.4) is 0 Å². The summed E-state index contributed by atoms with van der Waals surface area (Å²) in [4.78, 5) is 4.29. The average Bonchev–Trinajstić information content (AvgIpc) is 2.77. The van der Waals surface area contributed by atoms with Crippen LogP contribution in [0.1, 0.15) is 31.9 Å². The number of allylic oxidation sites excluding steroid dienone is 1. The van der Waals surface area contributed by atoms with Crippen LogP contribution in [0, 0.1) is 11.6 Å². The van der Waals surface area contributed by atoms with E-state index in [1.165, 1.54) is 42.1 Å². The van der Waals surface area contributed by atoms with Gasteiger partial charge in [-0.15, -0.1) is 6.58 Å². The summed E-state index contributed by atoms with van der Waals surface area (Å²) in [5.74, 6) is -0.771. The third kappa shape index (κ3) is 6.92. The number of hydrogen-bond acceptors (Lipinski definition) is 2. The lowest BCUT2D eigenvalue weighted by molar-refractivity contribution is 0.625. The molecular weight excluding hydrogens is 403 g/mol. The van der Waals surface area contributed by atoms with Gasteiger partial charge in [0.2, 0.25) is 0 Å². The first kappa shape index (κ1) is 25.2. The number of hydrogen-bond donors (Lipinski definition) is 0. The van der Waals surface area contributed by atoms with Gasteiger partial charge in [0, 0.05) is 6.20 Å². The molecule has 0 aliphatic carbocycles. The van der Waals surface area contributed by atoms with Gasteiger partial charge in [-0.2, -0.15) is 0 Å². The van der Waals surface area contributed by atoms with Crippen molar-refractivity contribution in [3.05, 3.63) is 121 Å². The summed E-state index contributed by atoms with van der Waals surface area (Å²) in [6.45, 7) is 9.25. The topological polar surface area (TPSA) is 12.9 Å². The van der Waals surface area contributed by atoms with Crippen molar-refractivity contribution in [3.8, 4) is 0 Å². The average molecular weight is 430 g/mol. The maximum atomic E-state index is 13.4. The summed E-state index contributed by atoms with van der Waals surface area (Å²) in [6, 6.07) is 17.1. The van der Waals surface area contributed by atoms with Gasteiger partial charge in [0.25, 0.3) is 0 Å². The van der Waals surface area contributed by atoms with E-state index in [9.17, 15) is 13.2 Å². The molecule has 158 valence electrons. The second-order valence-corrected chi connectivity index (χ2v) is 6.99. The quantitative estimate of drug-likeness (QED) is 0.300. The molecule has 0 unspecified atom stereocenters. The highest BCUT2D eigenvalue weighted by molar-refractivity contribution is 8.00. The molecule has 0 aliphatic rings. The molecule has 0 N–H and O–H groups in total. The summed E-state index contributed by atoms with van der Waals surface area (Å²) < 4.78 is 39.1. The fourth-order valence-electron chi connectivity index (χ4n) is 2.57. The van der Waals surface area contributed by atoms with Crippen molar-refractivity contribution in [1.29, 1.82) is 0 Å². The van der Waals surface area contributed by atoms with E-state index in [-0.39, 0.29) is 11.6 Å². The molecule has 3 aromatic rings. The molecule has 0 saturated carbocycles. The number of pyridine rings is 1. The molecule has 1 heterocycles. The fraction of sp³-hybridized carbons (Fsp3) is 0.160. The lowest BCUT2D eigenvalue weighted by Gasteiger charge is -2.31. The Labute approximate surface area is 181 Å². The summed E-state index contributed by atoms with van der Waals surface area (Å²) in [5.41, 5.74) is 1.31. The molecule has 2 aromatic carbocycles. The van der Waals surface area contributed by atoms with Crippen molar-refractivity contribution in [3.63, 3.8) is 0 Å². The minimum Gasteiger partial charge on any atom is -0.250 e. The molecule has 5 heteroatoms. The zero-order chi connectivity index (χ0) is 22.4. The van der Waals surface area contributed by atoms with Crippen LogP contribution >= 0.6 is 11.8 Å². The summed E-state index contributed by atoms with van der Waals surface area (Å²) in [7, 11) is 0. The number of thioether (sulfide) groups is 1. The van der Waals surface area contributed by atoms with Crippen LogP contribution in [0.25, 0.3) is 0 Å². The van der Waals surface area contributed by atoms with E-state index in [0.29, 0.717) is 22.5 Å². The van der Waals surface area contributed by atoms with Crippen LogP contribution in [-0.2, 0) is 4.75 Å². The fourth-order valence-corrected chi connectivity index (χ4v) is 3.78. The van der Waals surface area contributed by atoms with Crippen LogP contribution in [0.15, 0.2) is 103 Å². The second-order valence-electron chi connectivity index (χ2n) is 5.72. The Morgan fingerprint density at radius 2 is 1.33 bits per heavy atom. The van der Waals surface area contributed by atoms with E-state index in [1.54, 1.807) is 48.7 Å². The van der Waals surface area contributed by atoms with Crippen molar-refractivity contribution in [1.82, 2.24) is 4.98 Å². The van der Waals surface area contributed by atoms with Crippen LogP contribution in [0.5, 0.6) is 0 Å². The predicted molar refractivity (Wildman–Crippen MR) is 121 cm³/mol. The first-order chi connectivity index (χ1) is 14.6. The Bertz CT molecular complexity index is 846. The molecule has 1 nitrogen and oxygen atoms in total. The van der Waals surface area contributed by atoms with E-state index in [1.807, 2.05) is 26.8 Å². The number of rotatable bonds is 5. The van der Waals surface area contributed by atoms with Crippen molar-refractivity contribution in [2.24, 2.45) is 0 Å². The van der Waals surface area contributed by atoms with E-state index in [2.05, 4.69) is 11.6 Å². The van der Waals surface area contributed by atoms with E-state index in [0.717, 1.165) is 0 Å². The van der Waals surface area contributed by atoms with Gasteiger partial charge < -0.3 is 0 Å². The second kappa shape index (κ2) is 13.4. The van der Waals surface area contributed by atoms with Gasteiger partial charge in [0.1, 0.15) is 11.6 Å². The highest BCUT2D eigenvalue weighted by Gasteiger charge is 2.34. The van der Waals surface area contributed by atoms with Crippen LogP contribution in [0.2, 0.25) is 0 Å². The van der Waals surface area contributed by atoms with Gasteiger partial charge in [0.15, 0.2) is 0 Å². The number of benzene rings is 2. The minimum atomic E-state index is -1.01. The summed E-state index contributed by atoms with van der Waals surface area (Å²) >= 11 is 1.30. The van der Waals surface area contributed by atoms with Crippen LogP contribution in [0.4, 0.5) is 13.2 Å². The number of halogens is 3. The van der Waals surface area contributed by atoms with E-state index >= 15 is 0 Å². The molecule has 30 heavy (non-hydrogen) atoms. The molecule has 0 amide bonds. The zero-order valence-electron chi connectivity index (χ0n) is 17.4. The van der Waals surface area contributed by atoms with E-state index in [4.69, 9.17) is 0 Å². The van der Waals surface area contributed by atoms with Crippen molar-refractivity contribution in [2.75, 3.05) is 0 Å². The van der Waals surface area contributed by atoms with Crippen LogP contribution < -0.4 is 0 Å². The highest BCUT2D eigenvalue weighted by atomic mass is 32.2. The van der Waals surface area contributed by atoms with Crippen molar-refractivity contribution >= 4 is 11.8 Å². The lowest BCUT2D eigenvalue weighted by Crippen LogP contribution is -2.21. The first-order valence-corrected chi connectivity index (χ1v) is 10.3. The zero-order valence-corrected chi connectivity index (χ0v) is 18.2. The number of nitrogens with zero attached hydrogens (tertiary/aromatic N) is 1. The summed E-state index contributed by atoms with van der Waals surface area (Å²) in [6.07, 6.45) is 5.21. The first-order valence-electron chi connectivity index (χ1n) is 9.53. The maximum Gasteiger partial charge on any atom is 0.123 e. The molecular formula is C25H26F3NS. The van der Waals surface area contributed by atoms with Crippen molar-refractivity contribution in [2.45, 2.75) is 30.5 Å². The van der Waals surface area contributed by atoms with E-state index < -0.39 is 4.75 Å². The third-order valence-electron chi connectivity index (χ3n) is 3.75. The molecule has 1 aromatic heterocycles. The SMILES string of the molecule is C=CC.CC.F/C=C/C(Sc1ccccn1)(c1ccc(F)cc1)c1ccc(F)cc1. The minimum absolute atomic E-state index is 0.385. The largest absolute Gasteiger partial charge is 0.250 e. The molecule has 0 spiro atoms. The summed E-state index contributed by atoms with van der Waals surface area (Å²) in [5, 5.41) is 0.661. The normalized spacial score (nSPS) is 10.5.